The SMILES string of the molecule is CN(C)c1ccc(C(C(=O)c2ccccc2)c2ccccc2)cc1. The highest BCUT2D eigenvalue weighted by molar-refractivity contribution is 6.03. The van der Waals surface area contributed by atoms with Crippen LogP contribution in [0.2, 0.25) is 0 Å². The van der Waals surface area contributed by atoms with Crippen molar-refractivity contribution in [3.05, 3.63) is 102 Å². The number of hydrogen-bond acceptors (Lipinski definition) is 2. The van der Waals surface area contributed by atoms with Crippen molar-refractivity contribution in [2.75, 3.05) is 19.0 Å². The van der Waals surface area contributed by atoms with Crippen molar-refractivity contribution >= 4 is 11.5 Å². The molecule has 0 amide bonds. The lowest BCUT2D eigenvalue weighted by Crippen LogP contribution is -2.15. The third-order valence-corrected chi connectivity index (χ3v) is 4.20. The average molecular weight is 315 g/mol. The highest BCUT2D eigenvalue weighted by atomic mass is 16.1. The molecule has 0 bridgehead atoms. The molecule has 0 N–H and O–H groups in total. The van der Waals surface area contributed by atoms with Gasteiger partial charge in [-0.25, -0.2) is 0 Å². The van der Waals surface area contributed by atoms with Crippen LogP contribution >= 0.6 is 0 Å². The molecule has 0 radical (unpaired) electrons. The average Bonchev–Trinajstić information content (AvgIpc) is 2.64. The predicted octanol–water partition coefficient (Wildman–Crippen LogP) is 4.77. The molecule has 0 fully saturated rings. The van der Waals surface area contributed by atoms with E-state index in [0.29, 0.717) is 0 Å². The summed E-state index contributed by atoms with van der Waals surface area (Å²) in [6.45, 7) is 0. The Morgan fingerprint density at radius 2 is 1.21 bits per heavy atom. The van der Waals surface area contributed by atoms with Crippen LogP contribution < -0.4 is 4.90 Å². The molecular formula is C22H21NO. The minimum atomic E-state index is -0.287. The third kappa shape index (κ3) is 3.38. The molecule has 0 spiro atoms. The van der Waals surface area contributed by atoms with Gasteiger partial charge in [-0.1, -0.05) is 72.8 Å². The molecule has 3 rings (SSSR count). The minimum absolute atomic E-state index is 0.124. The van der Waals surface area contributed by atoms with Crippen molar-refractivity contribution in [3.63, 3.8) is 0 Å². The first kappa shape index (κ1) is 16.0. The lowest BCUT2D eigenvalue weighted by molar-refractivity contribution is 0.0974. The van der Waals surface area contributed by atoms with E-state index in [-0.39, 0.29) is 11.7 Å². The number of carbonyl (C=O) groups excluding carboxylic acids is 1. The molecule has 0 aliphatic carbocycles. The van der Waals surface area contributed by atoms with Gasteiger partial charge in [-0.3, -0.25) is 4.79 Å². The zero-order valence-corrected chi connectivity index (χ0v) is 14.0. The van der Waals surface area contributed by atoms with Crippen LogP contribution in [-0.4, -0.2) is 19.9 Å². The standard InChI is InChI=1S/C22H21NO/c1-23(2)20-15-13-18(14-16-20)21(17-9-5-3-6-10-17)22(24)19-11-7-4-8-12-19/h3-16,21H,1-2H3. The number of anilines is 1. The second-order valence-electron chi connectivity index (χ2n) is 6.06. The third-order valence-electron chi connectivity index (χ3n) is 4.20. The van der Waals surface area contributed by atoms with E-state index in [4.69, 9.17) is 0 Å². The van der Waals surface area contributed by atoms with Crippen LogP contribution in [0, 0.1) is 0 Å². The Kier molecular flexibility index (Phi) is 4.76. The Hall–Kier alpha value is -2.87. The fourth-order valence-corrected chi connectivity index (χ4v) is 2.87. The molecule has 2 heteroatoms. The van der Waals surface area contributed by atoms with Gasteiger partial charge in [0.15, 0.2) is 5.78 Å². The topological polar surface area (TPSA) is 20.3 Å². The Labute approximate surface area is 143 Å². The van der Waals surface area contributed by atoms with Gasteiger partial charge in [0.2, 0.25) is 0 Å². The minimum Gasteiger partial charge on any atom is -0.378 e. The highest BCUT2D eigenvalue weighted by Gasteiger charge is 2.23. The Morgan fingerprint density at radius 1 is 0.708 bits per heavy atom. The molecule has 3 aromatic carbocycles. The van der Waals surface area contributed by atoms with Crippen LogP contribution in [0.1, 0.15) is 27.4 Å². The van der Waals surface area contributed by atoms with E-state index in [1.165, 1.54) is 0 Å². The van der Waals surface area contributed by atoms with Crippen LogP contribution in [0.15, 0.2) is 84.9 Å². The Morgan fingerprint density at radius 3 is 1.75 bits per heavy atom. The summed E-state index contributed by atoms with van der Waals surface area (Å²) < 4.78 is 0. The van der Waals surface area contributed by atoms with Crippen molar-refractivity contribution in [1.82, 2.24) is 0 Å². The van der Waals surface area contributed by atoms with Crippen LogP contribution in [0.5, 0.6) is 0 Å². The second-order valence-corrected chi connectivity index (χ2v) is 6.06. The first-order valence-electron chi connectivity index (χ1n) is 8.08. The van der Waals surface area contributed by atoms with Crippen LogP contribution in [0.3, 0.4) is 0 Å². The van der Waals surface area contributed by atoms with Crippen molar-refractivity contribution in [2.45, 2.75) is 5.92 Å². The number of hydrogen-bond donors (Lipinski definition) is 0. The zero-order valence-electron chi connectivity index (χ0n) is 14.0. The molecule has 3 aromatic rings. The van der Waals surface area contributed by atoms with Crippen molar-refractivity contribution in [3.8, 4) is 0 Å². The van der Waals surface area contributed by atoms with E-state index >= 15 is 0 Å². The van der Waals surface area contributed by atoms with Gasteiger partial charge < -0.3 is 4.90 Å². The van der Waals surface area contributed by atoms with Crippen LogP contribution in [0.25, 0.3) is 0 Å². The molecule has 0 saturated carbocycles. The summed E-state index contributed by atoms with van der Waals surface area (Å²) in [5, 5.41) is 0. The number of Topliss-reactive ketones (excluding diaryl/α,β-unsaturated/α-hetero) is 1. The van der Waals surface area contributed by atoms with Crippen LogP contribution in [-0.2, 0) is 0 Å². The molecule has 1 unspecified atom stereocenters. The molecule has 0 saturated heterocycles. The van der Waals surface area contributed by atoms with Crippen molar-refractivity contribution in [1.29, 1.82) is 0 Å². The van der Waals surface area contributed by atoms with Crippen molar-refractivity contribution < 1.29 is 4.79 Å². The first-order valence-corrected chi connectivity index (χ1v) is 8.08. The van der Waals surface area contributed by atoms with Gasteiger partial charge in [0, 0.05) is 25.3 Å². The maximum absolute atomic E-state index is 13.2. The molecule has 0 heterocycles. The first-order chi connectivity index (χ1) is 11.7. The summed E-state index contributed by atoms with van der Waals surface area (Å²) in [7, 11) is 4.03. The van der Waals surface area contributed by atoms with Gasteiger partial charge in [-0.2, -0.15) is 0 Å². The molecule has 2 nitrogen and oxygen atoms in total. The number of ketones is 1. The van der Waals surface area contributed by atoms with Gasteiger partial charge in [-0.15, -0.1) is 0 Å². The maximum Gasteiger partial charge on any atom is 0.174 e. The molecule has 120 valence electrons. The number of benzene rings is 3. The largest absolute Gasteiger partial charge is 0.378 e. The lowest BCUT2D eigenvalue weighted by Gasteiger charge is -2.19. The van der Waals surface area contributed by atoms with Gasteiger partial charge in [0.25, 0.3) is 0 Å². The Bertz CT molecular complexity index is 792. The summed E-state index contributed by atoms with van der Waals surface area (Å²) in [5.74, 6) is -0.163. The number of nitrogens with zero attached hydrogens (tertiary/aromatic N) is 1. The fourth-order valence-electron chi connectivity index (χ4n) is 2.87. The quantitative estimate of drug-likeness (QED) is 0.632. The van der Waals surface area contributed by atoms with E-state index < -0.39 is 0 Å². The van der Waals surface area contributed by atoms with E-state index in [2.05, 4.69) is 17.0 Å². The van der Waals surface area contributed by atoms with Gasteiger partial charge in [-0.05, 0) is 23.3 Å². The van der Waals surface area contributed by atoms with Gasteiger partial charge in [0.1, 0.15) is 0 Å². The Balaban J connectivity index is 2.04. The molecule has 0 aliphatic heterocycles. The highest BCUT2D eigenvalue weighted by Crippen LogP contribution is 2.29. The lowest BCUT2D eigenvalue weighted by atomic mass is 9.85. The van der Waals surface area contributed by atoms with Gasteiger partial charge in [0.05, 0.1) is 5.92 Å². The molecule has 0 aromatic heterocycles. The predicted molar refractivity (Wildman–Crippen MR) is 99.8 cm³/mol. The summed E-state index contributed by atoms with van der Waals surface area (Å²) in [6.07, 6.45) is 0. The zero-order chi connectivity index (χ0) is 16.9. The monoisotopic (exact) mass is 315 g/mol. The second kappa shape index (κ2) is 7.14. The number of carbonyl (C=O) groups is 1. The maximum atomic E-state index is 13.2. The van der Waals surface area contributed by atoms with E-state index in [0.717, 1.165) is 22.4 Å². The smallest absolute Gasteiger partial charge is 0.174 e. The fraction of sp³-hybridized carbons (Fsp3) is 0.136. The van der Waals surface area contributed by atoms with E-state index in [1.54, 1.807) is 0 Å². The summed E-state index contributed by atoms with van der Waals surface area (Å²) >= 11 is 0. The summed E-state index contributed by atoms with van der Waals surface area (Å²) in [4.78, 5) is 15.2. The van der Waals surface area contributed by atoms with Crippen molar-refractivity contribution in [2.24, 2.45) is 0 Å². The summed E-state index contributed by atoms with van der Waals surface area (Å²) in [6, 6.07) is 27.7. The normalized spacial score (nSPS) is 11.8. The van der Waals surface area contributed by atoms with Gasteiger partial charge >= 0.3 is 0 Å². The molecule has 0 aliphatic rings. The number of rotatable bonds is 5. The molecule has 1 atom stereocenters. The summed E-state index contributed by atoms with van der Waals surface area (Å²) in [5.41, 5.74) is 3.89. The van der Waals surface area contributed by atoms with Crippen LogP contribution in [0.4, 0.5) is 5.69 Å². The van der Waals surface area contributed by atoms with E-state index in [9.17, 15) is 4.79 Å². The molecule has 24 heavy (non-hydrogen) atoms. The van der Waals surface area contributed by atoms with E-state index in [1.807, 2.05) is 86.9 Å². The molecular weight excluding hydrogens is 294 g/mol.